The minimum Gasteiger partial charge on any atom is -0.392 e. The van der Waals surface area contributed by atoms with Gasteiger partial charge in [0.15, 0.2) is 0 Å². The van der Waals surface area contributed by atoms with Crippen molar-refractivity contribution < 1.29 is 5.11 Å². The monoisotopic (exact) mass is 283 g/mol. The molecule has 0 heterocycles. The van der Waals surface area contributed by atoms with Crippen LogP contribution >= 0.6 is 0 Å². The lowest BCUT2D eigenvalue weighted by molar-refractivity contribution is 0.271. The Morgan fingerprint density at radius 2 is 1.48 bits per heavy atom. The van der Waals surface area contributed by atoms with Gasteiger partial charge in [0.1, 0.15) is 0 Å². The first kappa shape index (κ1) is 15.7. The Kier molecular flexibility index (Phi) is 5.16. The predicted molar refractivity (Wildman–Crippen MR) is 87.8 cm³/mol. The van der Waals surface area contributed by atoms with Crippen molar-refractivity contribution in [3.05, 3.63) is 71.3 Å². The summed E-state index contributed by atoms with van der Waals surface area (Å²) in [5.41, 5.74) is 3.65. The number of aliphatic hydroxyl groups is 1. The summed E-state index contributed by atoms with van der Waals surface area (Å²) in [5, 5.41) is 12.8. The van der Waals surface area contributed by atoms with E-state index in [9.17, 15) is 0 Å². The maximum absolute atomic E-state index is 9.09. The Morgan fingerprint density at radius 1 is 0.905 bits per heavy atom. The molecule has 0 aliphatic heterocycles. The van der Waals surface area contributed by atoms with Gasteiger partial charge in [0.25, 0.3) is 0 Å². The van der Waals surface area contributed by atoms with Crippen molar-refractivity contribution in [1.82, 2.24) is 5.32 Å². The van der Waals surface area contributed by atoms with Gasteiger partial charge in [-0.15, -0.1) is 0 Å². The van der Waals surface area contributed by atoms with Gasteiger partial charge in [-0.05, 0) is 22.1 Å². The zero-order chi connectivity index (χ0) is 15.3. The van der Waals surface area contributed by atoms with E-state index in [-0.39, 0.29) is 12.0 Å². The predicted octanol–water partition coefficient (Wildman–Crippen LogP) is 4.06. The van der Waals surface area contributed by atoms with E-state index >= 15 is 0 Å². The maximum Gasteiger partial charge on any atom is 0.0681 e. The summed E-state index contributed by atoms with van der Waals surface area (Å²) in [4.78, 5) is 0. The van der Waals surface area contributed by atoms with E-state index in [1.807, 2.05) is 12.1 Å². The molecule has 0 saturated carbocycles. The molecule has 1 unspecified atom stereocenters. The van der Waals surface area contributed by atoms with Crippen LogP contribution in [-0.2, 0) is 13.2 Å². The Balaban J connectivity index is 2.09. The van der Waals surface area contributed by atoms with Gasteiger partial charge >= 0.3 is 0 Å². The van der Waals surface area contributed by atoms with Crippen LogP contribution in [0.5, 0.6) is 0 Å². The molecule has 0 aliphatic carbocycles. The Labute approximate surface area is 127 Å². The average molecular weight is 283 g/mol. The molecule has 2 aromatic carbocycles. The highest BCUT2D eigenvalue weighted by atomic mass is 16.3. The molecule has 112 valence electrons. The largest absolute Gasteiger partial charge is 0.392 e. The standard InChI is InChI=1S/C19H25NO/c1-19(2,3)18(17-7-5-4-6-8-17)20-13-15-9-11-16(14-21)12-10-15/h4-12,18,20-21H,13-14H2,1-3H3. The summed E-state index contributed by atoms with van der Waals surface area (Å²) >= 11 is 0. The molecule has 0 radical (unpaired) electrons. The van der Waals surface area contributed by atoms with Crippen molar-refractivity contribution in [2.24, 2.45) is 5.41 Å². The van der Waals surface area contributed by atoms with E-state index in [0.717, 1.165) is 12.1 Å². The molecule has 0 saturated heterocycles. The first-order valence-corrected chi connectivity index (χ1v) is 7.47. The van der Waals surface area contributed by atoms with Crippen LogP contribution in [0.1, 0.15) is 43.5 Å². The lowest BCUT2D eigenvalue weighted by Crippen LogP contribution is -2.32. The minimum atomic E-state index is 0.0995. The molecule has 2 aromatic rings. The fraction of sp³-hybridized carbons (Fsp3) is 0.368. The van der Waals surface area contributed by atoms with Gasteiger partial charge < -0.3 is 10.4 Å². The number of hydrogen-bond acceptors (Lipinski definition) is 2. The molecule has 0 fully saturated rings. The summed E-state index contributed by atoms with van der Waals surface area (Å²) < 4.78 is 0. The van der Waals surface area contributed by atoms with E-state index < -0.39 is 0 Å². The van der Waals surface area contributed by atoms with Crippen LogP contribution in [0.15, 0.2) is 54.6 Å². The number of hydrogen-bond donors (Lipinski definition) is 2. The second-order valence-electron chi connectivity index (χ2n) is 6.57. The topological polar surface area (TPSA) is 32.3 Å². The normalized spacial score (nSPS) is 13.1. The molecule has 0 amide bonds. The molecular formula is C19H25NO. The molecule has 2 rings (SSSR count). The first-order valence-electron chi connectivity index (χ1n) is 7.47. The summed E-state index contributed by atoms with van der Waals surface area (Å²) in [6.07, 6.45) is 0. The van der Waals surface area contributed by atoms with Gasteiger partial charge in [-0.2, -0.15) is 0 Å². The molecule has 0 aromatic heterocycles. The number of aliphatic hydroxyl groups excluding tert-OH is 1. The fourth-order valence-electron chi connectivity index (χ4n) is 2.55. The van der Waals surface area contributed by atoms with Crippen molar-refractivity contribution in [2.45, 2.75) is 40.0 Å². The second kappa shape index (κ2) is 6.88. The zero-order valence-corrected chi connectivity index (χ0v) is 13.1. The fourth-order valence-corrected chi connectivity index (χ4v) is 2.55. The van der Waals surface area contributed by atoms with Crippen LogP contribution in [0.25, 0.3) is 0 Å². The first-order chi connectivity index (χ1) is 10.0. The second-order valence-corrected chi connectivity index (χ2v) is 6.57. The van der Waals surface area contributed by atoms with Crippen molar-refractivity contribution >= 4 is 0 Å². The highest BCUT2D eigenvalue weighted by Gasteiger charge is 2.25. The third-order valence-corrected chi connectivity index (χ3v) is 3.71. The van der Waals surface area contributed by atoms with Gasteiger partial charge in [-0.25, -0.2) is 0 Å². The van der Waals surface area contributed by atoms with Gasteiger partial charge in [0, 0.05) is 12.6 Å². The van der Waals surface area contributed by atoms with E-state index in [1.54, 1.807) is 0 Å². The summed E-state index contributed by atoms with van der Waals surface area (Å²) in [6, 6.07) is 19.0. The summed E-state index contributed by atoms with van der Waals surface area (Å²) in [5.74, 6) is 0. The minimum absolute atomic E-state index is 0.0995. The Morgan fingerprint density at radius 3 is 2.00 bits per heavy atom. The lowest BCUT2D eigenvalue weighted by Gasteiger charge is -2.32. The molecule has 0 aliphatic rings. The van der Waals surface area contributed by atoms with Crippen molar-refractivity contribution in [3.63, 3.8) is 0 Å². The molecule has 21 heavy (non-hydrogen) atoms. The van der Waals surface area contributed by atoms with Crippen molar-refractivity contribution in [2.75, 3.05) is 0 Å². The van der Waals surface area contributed by atoms with Crippen LogP contribution < -0.4 is 5.32 Å². The van der Waals surface area contributed by atoms with Crippen LogP contribution in [0.3, 0.4) is 0 Å². The molecule has 2 nitrogen and oxygen atoms in total. The molecule has 0 spiro atoms. The quantitative estimate of drug-likeness (QED) is 0.867. The maximum atomic E-state index is 9.09. The van der Waals surface area contributed by atoms with Crippen LogP contribution in [0.4, 0.5) is 0 Å². The zero-order valence-electron chi connectivity index (χ0n) is 13.1. The molecule has 0 bridgehead atoms. The van der Waals surface area contributed by atoms with Crippen molar-refractivity contribution in [1.29, 1.82) is 0 Å². The van der Waals surface area contributed by atoms with Gasteiger partial charge in [-0.3, -0.25) is 0 Å². The Hall–Kier alpha value is -1.64. The number of benzene rings is 2. The molecule has 1 atom stereocenters. The van der Waals surface area contributed by atoms with E-state index in [1.165, 1.54) is 11.1 Å². The van der Waals surface area contributed by atoms with E-state index in [0.29, 0.717) is 6.04 Å². The van der Waals surface area contributed by atoms with Crippen molar-refractivity contribution in [3.8, 4) is 0 Å². The summed E-state index contributed by atoms with van der Waals surface area (Å²) in [7, 11) is 0. The Bertz CT molecular complexity index is 540. The lowest BCUT2D eigenvalue weighted by atomic mass is 9.82. The summed E-state index contributed by atoms with van der Waals surface area (Å²) in [6.45, 7) is 7.69. The van der Waals surface area contributed by atoms with Gasteiger partial charge in [-0.1, -0.05) is 75.4 Å². The van der Waals surface area contributed by atoms with Gasteiger partial charge in [0.2, 0.25) is 0 Å². The highest BCUT2D eigenvalue weighted by molar-refractivity contribution is 5.24. The van der Waals surface area contributed by atoms with Crippen LogP contribution in [0, 0.1) is 5.41 Å². The highest BCUT2D eigenvalue weighted by Crippen LogP contribution is 2.32. The van der Waals surface area contributed by atoms with E-state index in [2.05, 4.69) is 68.6 Å². The SMILES string of the molecule is CC(C)(C)C(NCc1ccc(CO)cc1)c1ccccc1. The number of rotatable bonds is 5. The third kappa shape index (κ3) is 4.42. The smallest absolute Gasteiger partial charge is 0.0681 e. The third-order valence-electron chi connectivity index (χ3n) is 3.71. The molecule has 2 N–H and O–H groups in total. The average Bonchev–Trinajstić information content (AvgIpc) is 2.48. The number of nitrogens with one attached hydrogen (secondary N) is 1. The van der Waals surface area contributed by atoms with Crippen LogP contribution in [0.2, 0.25) is 0 Å². The van der Waals surface area contributed by atoms with Crippen LogP contribution in [-0.4, -0.2) is 5.11 Å². The van der Waals surface area contributed by atoms with Gasteiger partial charge in [0.05, 0.1) is 6.61 Å². The molecule has 2 heteroatoms. The van der Waals surface area contributed by atoms with E-state index in [4.69, 9.17) is 5.11 Å². The molecular weight excluding hydrogens is 258 g/mol.